The van der Waals surface area contributed by atoms with Crippen molar-refractivity contribution in [3.8, 4) is 0 Å². The molecule has 3 aliphatic rings. The lowest BCUT2D eigenvalue weighted by Crippen LogP contribution is -2.43. The molecule has 0 spiro atoms. The number of aliphatic hydroxyl groups is 2. The third kappa shape index (κ3) is 1.29. The number of rotatable bonds is 1. The number of aliphatic hydroxyl groups excluding tert-OH is 2. The minimum absolute atomic E-state index is 0.232. The van der Waals surface area contributed by atoms with Gasteiger partial charge in [0.1, 0.15) is 0 Å². The summed E-state index contributed by atoms with van der Waals surface area (Å²) < 4.78 is 0. The van der Waals surface area contributed by atoms with Crippen molar-refractivity contribution in [1.82, 2.24) is 0 Å². The summed E-state index contributed by atoms with van der Waals surface area (Å²) in [5, 5.41) is 19.9. The monoisotopic (exact) mass is 273 g/mol. The van der Waals surface area contributed by atoms with Gasteiger partial charge in [-0.25, -0.2) is 0 Å². The quantitative estimate of drug-likeness (QED) is 0.715. The van der Waals surface area contributed by atoms with Crippen molar-refractivity contribution in [3.05, 3.63) is 30.3 Å². The number of carbonyl (C=O) groups is 2. The van der Waals surface area contributed by atoms with Gasteiger partial charge in [0, 0.05) is 11.8 Å². The fourth-order valence-electron chi connectivity index (χ4n) is 4.26. The molecule has 4 rings (SSSR count). The SMILES string of the molecule is O=C1[C@H]2[C@@H]3C[C@@H]([C@H](O)[C@H]3O)[C@@H]2C(=O)N1c1ccccc1. The summed E-state index contributed by atoms with van der Waals surface area (Å²) in [5.41, 5.74) is 0.570. The zero-order valence-corrected chi connectivity index (χ0v) is 10.7. The van der Waals surface area contributed by atoms with Crippen LogP contribution in [0.25, 0.3) is 0 Å². The average Bonchev–Trinajstić information content (AvgIpc) is 3.05. The van der Waals surface area contributed by atoms with Crippen molar-refractivity contribution < 1.29 is 19.8 Å². The molecule has 1 heterocycles. The van der Waals surface area contributed by atoms with E-state index in [2.05, 4.69) is 0 Å². The summed E-state index contributed by atoms with van der Waals surface area (Å²) in [6, 6.07) is 8.84. The van der Waals surface area contributed by atoms with E-state index in [9.17, 15) is 19.8 Å². The van der Waals surface area contributed by atoms with Crippen molar-refractivity contribution in [3.63, 3.8) is 0 Å². The summed E-state index contributed by atoms with van der Waals surface area (Å²) >= 11 is 0. The molecule has 2 aliphatic carbocycles. The van der Waals surface area contributed by atoms with E-state index < -0.39 is 24.0 Å². The fraction of sp³-hybridized carbons (Fsp3) is 0.467. The summed E-state index contributed by atoms with van der Waals surface area (Å²) in [7, 11) is 0. The van der Waals surface area contributed by atoms with Gasteiger partial charge in [0.05, 0.1) is 29.7 Å². The van der Waals surface area contributed by atoms with Gasteiger partial charge in [-0.15, -0.1) is 0 Å². The van der Waals surface area contributed by atoms with Crippen LogP contribution in [-0.4, -0.2) is 34.2 Å². The van der Waals surface area contributed by atoms with Crippen molar-refractivity contribution >= 4 is 17.5 Å². The maximum atomic E-state index is 12.6. The van der Waals surface area contributed by atoms with E-state index in [1.165, 1.54) is 4.90 Å². The first-order chi connectivity index (χ1) is 9.61. The number of benzene rings is 1. The molecule has 2 bridgehead atoms. The Morgan fingerprint density at radius 2 is 1.40 bits per heavy atom. The Balaban J connectivity index is 1.75. The van der Waals surface area contributed by atoms with Gasteiger partial charge >= 0.3 is 0 Å². The van der Waals surface area contributed by atoms with Gasteiger partial charge < -0.3 is 10.2 Å². The van der Waals surface area contributed by atoms with E-state index in [1.54, 1.807) is 24.3 Å². The third-order valence-electron chi connectivity index (χ3n) is 5.11. The lowest BCUT2D eigenvalue weighted by molar-refractivity contribution is -0.129. The topological polar surface area (TPSA) is 77.8 Å². The maximum absolute atomic E-state index is 12.6. The molecular formula is C15H15NO4. The van der Waals surface area contributed by atoms with Gasteiger partial charge in [-0.2, -0.15) is 0 Å². The Bertz CT molecular complexity index is 555. The van der Waals surface area contributed by atoms with Crippen molar-refractivity contribution in [2.24, 2.45) is 23.7 Å². The number of nitrogens with zero attached hydrogens (tertiary/aromatic N) is 1. The maximum Gasteiger partial charge on any atom is 0.238 e. The van der Waals surface area contributed by atoms with Gasteiger partial charge in [-0.05, 0) is 18.6 Å². The lowest BCUT2D eigenvalue weighted by atomic mass is 9.78. The lowest BCUT2D eigenvalue weighted by Gasteiger charge is -2.29. The van der Waals surface area contributed by atoms with Crippen molar-refractivity contribution in [2.45, 2.75) is 18.6 Å². The largest absolute Gasteiger partial charge is 0.390 e. The van der Waals surface area contributed by atoms with E-state index in [0.717, 1.165) is 0 Å². The normalized spacial score (nSPS) is 42.4. The van der Waals surface area contributed by atoms with Crippen LogP contribution >= 0.6 is 0 Å². The van der Waals surface area contributed by atoms with Crippen LogP contribution in [0.3, 0.4) is 0 Å². The fourth-order valence-corrected chi connectivity index (χ4v) is 4.26. The predicted molar refractivity (Wildman–Crippen MR) is 69.5 cm³/mol. The molecule has 1 aromatic rings. The van der Waals surface area contributed by atoms with E-state index >= 15 is 0 Å². The van der Waals surface area contributed by atoms with Crippen LogP contribution in [0.1, 0.15) is 6.42 Å². The Morgan fingerprint density at radius 3 is 1.90 bits per heavy atom. The van der Waals surface area contributed by atoms with E-state index in [-0.39, 0.29) is 23.7 Å². The van der Waals surface area contributed by atoms with Crippen LogP contribution in [0.2, 0.25) is 0 Å². The van der Waals surface area contributed by atoms with Crippen LogP contribution in [0, 0.1) is 23.7 Å². The standard InChI is InChI=1S/C15H15NO4/c17-12-8-6-9(13(12)18)11-10(8)14(19)16(15(11)20)7-4-2-1-3-5-7/h1-5,8-13,17-18H,6H2/t8-,9+,10-,11-,12-,13-/m0/s1. The number of hydrogen-bond donors (Lipinski definition) is 2. The molecule has 1 aromatic carbocycles. The number of imide groups is 1. The molecule has 0 unspecified atom stereocenters. The number of amides is 2. The highest BCUT2D eigenvalue weighted by molar-refractivity contribution is 6.22. The first-order valence-corrected chi connectivity index (χ1v) is 6.90. The molecular weight excluding hydrogens is 258 g/mol. The molecule has 104 valence electrons. The number of carbonyl (C=O) groups excluding carboxylic acids is 2. The molecule has 1 aliphatic heterocycles. The summed E-state index contributed by atoms with van der Waals surface area (Å²) in [6.07, 6.45) is -1.19. The minimum atomic E-state index is -0.881. The molecule has 0 radical (unpaired) electrons. The van der Waals surface area contributed by atoms with Gasteiger partial charge in [0.25, 0.3) is 0 Å². The summed E-state index contributed by atoms with van der Waals surface area (Å²) in [4.78, 5) is 26.3. The van der Waals surface area contributed by atoms with Gasteiger partial charge in [-0.1, -0.05) is 18.2 Å². The molecule has 20 heavy (non-hydrogen) atoms. The Morgan fingerprint density at radius 1 is 0.900 bits per heavy atom. The molecule has 5 nitrogen and oxygen atoms in total. The van der Waals surface area contributed by atoms with Crippen LogP contribution < -0.4 is 4.90 Å². The van der Waals surface area contributed by atoms with Crippen LogP contribution in [0.15, 0.2) is 30.3 Å². The zero-order valence-electron chi connectivity index (χ0n) is 10.7. The summed E-state index contributed by atoms with van der Waals surface area (Å²) in [5.74, 6) is -1.97. The van der Waals surface area contributed by atoms with Gasteiger partial charge in [-0.3, -0.25) is 14.5 Å². The third-order valence-corrected chi connectivity index (χ3v) is 5.11. The number of hydrogen-bond acceptors (Lipinski definition) is 4. The molecule has 2 N–H and O–H groups in total. The highest BCUT2D eigenvalue weighted by Gasteiger charge is 2.67. The van der Waals surface area contributed by atoms with E-state index in [0.29, 0.717) is 12.1 Å². The Labute approximate surface area is 115 Å². The van der Waals surface area contributed by atoms with Gasteiger partial charge in [0.15, 0.2) is 0 Å². The minimum Gasteiger partial charge on any atom is -0.390 e. The molecule has 2 amide bonds. The van der Waals surface area contributed by atoms with Crippen LogP contribution in [-0.2, 0) is 9.59 Å². The smallest absolute Gasteiger partial charge is 0.238 e. The Hall–Kier alpha value is -1.72. The molecule has 3 fully saturated rings. The number of anilines is 1. The Kier molecular flexibility index (Phi) is 2.35. The van der Waals surface area contributed by atoms with E-state index in [4.69, 9.17) is 0 Å². The van der Waals surface area contributed by atoms with Crippen molar-refractivity contribution in [1.29, 1.82) is 0 Å². The second-order valence-electron chi connectivity index (χ2n) is 5.94. The van der Waals surface area contributed by atoms with Crippen LogP contribution in [0.5, 0.6) is 0 Å². The first-order valence-electron chi connectivity index (χ1n) is 6.90. The average molecular weight is 273 g/mol. The predicted octanol–water partition coefficient (Wildman–Crippen LogP) is 0.164. The molecule has 1 saturated heterocycles. The second-order valence-corrected chi connectivity index (χ2v) is 5.94. The second kappa shape index (κ2) is 3.90. The summed E-state index contributed by atoms with van der Waals surface area (Å²) in [6.45, 7) is 0. The van der Waals surface area contributed by atoms with Crippen LogP contribution in [0.4, 0.5) is 5.69 Å². The van der Waals surface area contributed by atoms with Crippen molar-refractivity contribution in [2.75, 3.05) is 4.90 Å². The number of para-hydroxylation sites is 1. The molecule has 6 atom stereocenters. The van der Waals surface area contributed by atoms with Gasteiger partial charge in [0.2, 0.25) is 11.8 Å². The van der Waals surface area contributed by atoms with E-state index in [1.807, 2.05) is 6.07 Å². The molecule has 0 aromatic heterocycles. The zero-order chi connectivity index (χ0) is 14.0. The molecule has 5 heteroatoms. The highest BCUT2D eigenvalue weighted by Crippen LogP contribution is 2.56. The molecule has 2 saturated carbocycles. The highest BCUT2D eigenvalue weighted by atomic mass is 16.3. The first kappa shape index (κ1) is 12.1. The number of fused-ring (bicyclic) bond motifs is 5.